The van der Waals surface area contributed by atoms with E-state index in [0.717, 1.165) is 32.7 Å². The predicted octanol–water partition coefficient (Wildman–Crippen LogP) is 4.50. The molecule has 0 atom stereocenters. The quantitative estimate of drug-likeness (QED) is 0.577. The second kappa shape index (κ2) is 8.46. The van der Waals surface area contributed by atoms with Crippen LogP contribution in [0.25, 0.3) is 11.5 Å². The highest BCUT2D eigenvalue weighted by Gasteiger charge is 2.10. The van der Waals surface area contributed by atoms with Gasteiger partial charge in [-0.1, -0.05) is 39.8 Å². The molecule has 26 heavy (non-hydrogen) atoms. The Kier molecular flexibility index (Phi) is 6.05. The SMILES string of the molecule is CCc1noc(-c2ccc(SCC(=O)Nc3ccc(Br)cc3C)nc2)n1. The molecule has 0 spiro atoms. The van der Waals surface area contributed by atoms with Gasteiger partial charge in [-0.25, -0.2) is 4.98 Å². The highest BCUT2D eigenvalue weighted by atomic mass is 79.9. The van der Waals surface area contributed by atoms with Gasteiger partial charge in [0.05, 0.1) is 16.3 Å². The van der Waals surface area contributed by atoms with E-state index in [2.05, 4.69) is 36.4 Å². The summed E-state index contributed by atoms with van der Waals surface area (Å²) in [7, 11) is 0. The highest BCUT2D eigenvalue weighted by molar-refractivity contribution is 9.10. The Morgan fingerprint density at radius 3 is 2.81 bits per heavy atom. The standard InChI is InChI=1S/C18H17BrN4O2S/c1-3-15-22-18(25-23-15)12-4-7-17(20-9-12)26-10-16(24)21-14-6-5-13(19)8-11(14)2/h4-9H,3,10H2,1-2H3,(H,21,24). The number of aromatic nitrogens is 3. The van der Waals surface area contributed by atoms with Gasteiger partial charge in [-0.05, 0) is 42.8 Å². The number of nitrogens with zero attached hydrogens (tertiary/aromatic N) is 3. The van der Waals surface area contributed by atoms with E-state index in [1.165, 1.54) is 11.8 Å². The fourth-order valence-corrected chi connectivity index (χ4v) is 3.32. The summed E-state index contributed by atoms with van der Waals surface area (Å²) in [6, 6.07) is 9.44. The lowest BCUT2D eigenvalue weighted by molar-refractivity contribution is -0.113. The Labute approximate surface area is 163 Å². The van der Waals surface area contributed by atoms with Gasteiger partial charge >= 0.3 is 0 Å². The molecule has 0 saturated heterocycles. The van der Waals surface area contributed by atoms with Crippen molar-refractivity contribution in [3.63, 3.8) is 0 Å². The Morgan fingerprint density at radius 1 is 1.31 bits per heavy atom. The van der Waals surface area contributed by atoms with Crippen LogP contribution in [-0.4, -0.2) is 26.8 Å². The average Bonchev–Trinajstić information content (AvgIpc) is 3.12. The maximum Gasteiger partial charge on any atom is 0.259 e. The summed E-state index contributed by atoms with van der Waals surface area (Å²) in [4.78, 5) is 20.8. The van der Waals surface area contributed by atoms with E-state index in [1.807, 2.05) is 44.2 Å². The fourth-order valence-electron chi connectivity index (χ4n) is 2.20. The number of rotatable bonds is 6. The lowest BCUT2D eigenvalue weighted by atomic mass is 10.2. The zero-order chi connectivity index (χ0) is 18.5. The molecule has 2 heterocycles. The molecular weight excluding hydrogens is 416 g/mol. The smallest absolute Gasteiger partial charge is 0.259 e. The Balaban J connectivity index is 1.56. The van der Waals surface area contributed by atoms with E-state index in [1.54, 1.807) is 6.20 Å². The van der Waals surface area contributed by atoms with Gasteiger partial charge in [0.2, 0.25) is 5.91 Å². The molecule has 0 unspecified atom stereocenters. The molecule has 0 radical (unpaired) electrons. The van der Waals surface area contributed by atoms with Crippen LogP contribution in [0.15, 0.2) is 50.6 Å². The number of anilines is 1. The van der Waals surface area contributed by atoms with Crippen molar-refractivity contribution >= 4 is 39.3 Å². The number of halogens is 1. The van der Waals surface area contributed by atoms with Crippen molar-refractivity contribution in [2.75, 3.05) is 11.1 Å². The summed E-state index contributed by atoms with van der Waals surface area (Å²) < 4.78 is 6.18. The summed E-state index contributed by atoms with van der Waals surface area (Å²) in [6.45, 7) is 3.92. The molecule has 0 bridgehead atoms. The number of thioether (sulfide) groups is 1. The number of amides is 1. The number of benzene rings is 1. The van der Waals surface area contributed by atoms with Crippen LogP contribution in [0.3, 0.4) is 0 Å². The molecular formula is C18H17BrN4O2S. The predicted molar refractivity (Wildman–Crippen MR) is 105 cm³/mol. The van der Waals surface area contributed by atoms with E-state index in [0.29, 0.717) is 11.7 Å². The van der Waals surface area contributed by atoms with Crippen LogP contribution in [-0.2, 0) is 11.2 Å². The second-order valence-corrected chi connectivity index (χ2v) is 7.46. The largest absolute Gasteiger partial charge is 0.334 e. The van der Waals surface area contributed by atoms with Gasteiger partial charge in [0.25, 0.3) is 5.89 Å². The minimum atomic E-state index is -0.0733. The zero-order valence-corrected chi connectivity index (χ0v) is 16.7. The van der Waals surface area contributed by atoms with Gasteiger partial charge < -0.3 is 9.84 Å². The maximum atomic E-state index is 12.1. The van der Waals surface area contributed by atoms with Crippen LogP contribution in [0.4, 0.5) is 5.69 Å². The molecule has 3 aromatic rings. The van der Waals surface area contributed by atoms with Crippen molar-refractivity contribution in [2.45, 2.75) is 25.3 Å². The number of carbonyl (C=O) groups excluding carboxylic acids is 1. The van der Waals surface area contributed by atoms with Crippen LogP contribution >= 0.6 is 27.7 Å². The summed E-state index contributed by atoms with van der Waals surface area (Å²) in [5, 5.41) is 7.54. The fraction of sp³-hybridized carbons (Fsp3) is 0.222. The van der Waals surface area contributed by atoms with Gasteiger partial charge in [0.15, 0.2) is 5.82 Å². The number of hydrogen-bond acceptors (Lipinski definition) is 6. The van der Waals surface area contributed by atoms with Crippen molar-refractivity contribution in [1.82, 2.24) is 15.1 Å². The summed E-state index contributed by atoms with van der Waals surface area (Å²) in [6.07, 6.45) is 2.39. The highest BCUT2D eigenvalue weighted by Crippen LogP contribution is 2.23. The molecule has 0 aliphatic carbocycles. The molecule has 0 saturated carbocycles. The van der Waals surface area contributed by atoms with Crippen molar-refractivity contribution < 1.29 is 9.32 Å². The third kappa shape index (κ3) is 4.70. The molecule has 6 nitrogen and oxygen atoms in total. The van der Waals surface area contributed by atoms with Gasteiger partial charge in [-0.2, -0.15) is 4.98 Å². The number of pyridine rings is 1. The summed E-state index contributed by atoms with van der Waals surface area (Å²) >= 11 is 4.78. The molecule has 0 fully saturated rings. The normalized spacial score (nSPS) is 10.7. The van der Waals surface area contributed by atoms with E-state index in [4.69, 9.17) is 4.52 Å². The first-order chi connectivity index (χ1) is 12.5. The Hall–Kier alpha value is -2.19. The summed E-state index contributed by atoms with van der Waals surface area (Å²) in [5.41, 5.74) is 2.58. The lowest BCUT2D eigenvalue weighted by Crippen LogP contribution is -2.14. The Morgan fingerprint density at radius 2 is 2.15 bits per heavy atom. The van der Waals surface area contributed by atoms with Crippen molar-refractivity contribution in [2.24, 2.45) is 0 Å². The zero-order valence-electron chi connectivity index (χ0n) is 14.3. The molecule has 3 rings (SSSR count). The third-order valence-electron chi connectivity index (χ3n) is 3.58. The van der Waals surface area contributed by atoms with Crippen LogP contribution in [0.2, 0.25) is 0 Å². The number of aryl methyl sites for hydroxylation is 2. The lowest BCUT2D eigenvalue weighted by Gasteiger charge is -2.08. The Bertz CT molecular complexity index is 912. The topological polar surface area (TPSA) is 80.9 Å². The van der Waals surface area contributed by atoms with Gasteiger partial charge in [-0.3, -0.25) is 4.79 Å². The average molecular weight is 433 g/mol. The first-order valence-corrected chi connectivity index (χ1v) is 9.81. The van der Waals surface area contributed by atoms with Crippen LogP contribution in [0.1, 0.15) is 18.3 Å². The second-order valence-electron chi connectivity index (χ2n) is 5.55. The molecule has 8 heteroatoms. The van der Waals surface area contributed by atoms with E-state index < -0.39 is 0 Å². The van der Waals surface area contributed by atoms with Crippen LogP contribution < -0.4 is 5.32 Å². The molecule has 1 N–H and O–H groups in total. The number of carbonyl (C=O) groups is 1. The summed E-state index contributed by atoms with van der Waals surface area (Å²) in [5.74, 6) is 1.33. The minimum Gasteiger partial charge on any atom is -0.334 e. The van der Waals surface area contributed by atoms with Crippen molar-refractivity contribution in [3.05, 3.63) is 52.4 Å². The first-order valence-electron chi connectivity index (χ1n) is 8.03. The van der Waals surface area contributed by atoms with Gasteiger partial charge in [-0.15, -0.1) is 0 Å². The van der Waals surface area contributed by atoms with Crippen LogP contribution in [0.5, 0.6) is 0 Å². The van der Waals surface area contributed by atoms with Gasteiger partial charge in [0, 0.05) is 22.8 Å². The van der Waals surface area contributed by atoms with Crippen molar-refractivity contribution in [1.29, 1.82) is 0 Å². The molecule has 1 aromatic carbocycles. The monoisotopic (exact) mass is 432 g/mol. The van der Waals surface area contributed by atoms with E-state index in [-0.39, 0.29) is 11.7 Å². The van der Waals surface area contributed by atoms with E-state index in [9.17, 15) is 4.79 Å². The van der Waals surface area contributed by atoms with E-state index >= 15 is 0 Å². The van der Waals surface area contributed by atoms with Crippen molar-refractivity contribution in [3.8, 4) is 11.5 Å². The maximum absolute atomic E-state index is 12.1. The molecule has 0 aliphatic rings. The first kappa shape index (κ1) is 18.6. The minimum absolute atomic E-state index is 0.0733. The molecule has 0 aliphatic heterocycles. The molecule has 2 aromatic heterocycles. The molecule has 134 valence electrons. The third-order valence-corrected chi connectivity index (χ3v) is 5.02. The van der Waals surface area contributed by atoms with Gasteiger partial charge in [0.1, 0.15) is 0 Å². The van der Waals surface area contributed by atoms with Crippen LogP contribution in [0, 0.1) is 6.92 Å². The number of hydrogen-bond donors (Lipinski definition) is 1. The number of nitrogens with one attached hydrogen (secondary N) is 1. The molecule has 1 amide bonds.